The summed E-state index contributed by atoms with van der Waals surface area (Å²) in [6.45, 7) is 1.86. The zero-order valence-electron chi connectivity index (χ0n) is 18.2. The Kier molecular flexibility index (Phi) is 11.0. The Labute approximate surface area is 186 Å². The number of nitrogens with two attached hydrogens (primary N) is 3. The van der Waals surface area contributed by atoms with Crippen molar-refractivity contribution in [3.63, 3.8) is 0 Å². The number of carboxylic acid groups (broad SMARTS) is 1. The van der Waals surface area contributed by atoms with Crippen LogP contribution >= 0.6 is 0 Å². The number of nitrogens with one attached hydrogen (secondary N) is 2. The highest BCUT2D eigenvalue weighted by atomic mass is 16.4. The molecule has 4 amide bonds. The molecule has 0 spiro atoms. The zero-order chi connectivity index (χ0) is 24.4. The zero-order valence-corrected chi connectivity index (χ0v) is 18.2. The predicted molar refractivity (Wildman–Crippen MR) is 113 cm³/mol. The van der Waals surface area contributed by atoms with Gasteiger partial charge in [-0.3, -0.25) is 19.2 Å². The monoisotopic (exact) mass is 458 g/mol. The molecule has 1 rings (SSSR count). The van der Waals surface area contributed by atoms with E-state index >= 15 is 0 Å². The molecule has 1 aliphatic heterocycles. The van der Waals surface area contributed by atoms with Gasteiger partial charge in [-0.1, -0.05) is 0 Å². The minimum Gasteiger partial charge on any atom is -0.480 e. The second kappa shape index (κ2) is 12.9. The first-order valence-electron chi connectivity index (χ1n) is 10.6. The number of carbonyl (C=O) groups is 5. The minimum atomic E-state index is -1.52. The molecule has 32 heavy (non-hydrogen) atoms. The van der Waals surface area contributed by atoms with Crippen LogP contribution in [0.3, 0.4) is 0 Å². The number of unbranched alkanes of at least 4 members (excludes halogenated alkanes) is 1. The number of primary amides is 1. The van der Waals surface area contributed by atoms with E-state index in [1.807, 2.05) is 0 Å². The fourth-order valence-corrected chi connectivity index (χ4v) is 3.48. The van der Waals surface area contributed by atoms with E-state index < -0.39 is 59.9 Å². The molecule has 1 saturated heterocycles. The molecule has 0 bridgehead atoms. The van der Waals surface area contributed by atoms with Crippen LogP contribution in [0.25, 0.3) is 0 Å². The quantitative estimate of drug-likeness (QED) is 0.137. The molecule has 1 aliphatic rings. The lowest BCUT2D eigenvalue weighted by Crippen LogP contribution is -2.58. The van der Waals surface area contributed by atoms with Crippen LogP contribution in [-0.2, 0) is 24.0 Å². The summed E-state index contributed by atoms with van der Waals surface area (Å²) in [4.78, 5) is 61.8. The summed E-state index contributed by atoms with van der Waals surface area (Å²) in [7, 11) is 0. The van der Waals surface area contributed by atoms with E-state index in [4.69, 9.17) is 17.2 Å². The lowest BCUT2D eigenvalue weighted by atomic mass is 10.1. The fourth-order valence-electron chi connectivity index (χ4n) is 3.48. The molecule has 0 aromatic heterocycles. The number of rotatable bonds is 13. The van der Waals surface area contributed by atoms with E-state index in [1.165, 1.54) is 11.8 Å². The first-order chi connectivity index (χ1) is 15.0. The van der Waals surface area contributed by atoms with Crippen LogP contribution in [0.5, 0.6) is 0 Å². The summed E-state index contributed by atoms with van der Waals surface area (Å²) in [5, 5.41) is 23.5. The normalized spacial score (nSPS) is 19.5. The van der Waals surface area contributed by atoms with E-state index in [-0.39, 0.29) is 19.4 Å². The summed E-state index contributed by atoms with van der Waals surface area (Å²) >= 11 is 0. The van der Waals surface area contributed by atoms with Gasteiger partial charge in [-0.2, -0.15) is 0 Å². The topological polar surface area (TPSA) is 231 Å². The highest BCUT2D eigenvalue weighted by Crippen LogP contribution is 2.20. The Morgan fingerprint density at radius 1 is 1.16 bits per heavy atom. The van der Waals surface area contributed by atoms with Gasteiger partial charge >= 0.3 is 5.97 Å². The number of carboxylic acids is 1. The lowest BCUT2D eigenvalue weighted by molar-refractivity contribution is -0.147. The van der Waals surface area contributed by atoms with Crippen molar-refractivity contribution in [1.82, 2.24) is 15.5 Å². The Bertz CT molecular complexity index is 702. The van der Waals surface area contributed by atoms with Gasteiger partial charge in [-0.05, 0) is 45.6 Å². The molecule has 10 N–H and O–H groups in total. The van der Waals surface area contributed by atoms with Crippen LogP contribution in [0, 0.1) is 0 Å². The number of carbonyl (C=O) groups excluding carboxylic acids is 4. The number of aliphatic hydroxyl groups excluding tert-OH is 1. The molecule has 0 radical (unpaired) electrons. The number of amides is 4. The summed E-state index contributed by atoms with van der Waals surface area (Å²) in [6, 6.07) is -4.70. The van der Waals surface area contributed by atoms with Gasteiger partial charge in [-0.25, -0.2) is 4.79 Å². The van der Waals surface area contributed by atoms with Crippen LogP contribution in [-0.4, -0.2) is 88.1 Å². The van der Waals surface area contributed by atoms with E-state index in [0.29, 0.717) is 32.2 Å². The van der Waals surface area contributed by atoms with Crippen molar-refractivity contribution in [2.24, 2.45) is 17.2 Å². The minimum absolute atomic E-state index is 0.236. The number of aliphatic hydroxyl groups is 1. The summed E-state index contributed by atoms with van der Waals surface area (Å²) < 4.78 is 0. The number of hydrogen-bond acceptors (Lipinski definition) is 8. The molecular formula is C19H34N6O7. The summed E-state index contributed by atoms with van der Waals surface area (Å²) in [6.07, 6.45) is 0.436. The predicted octanol–water partition coefficient (Wildman–Crippen LogP) is -3.26. The van der Waals surface area contributed by atoms with Crippen molar-refractivity contribution in [3.8, 4) is 0 Å². The number of hydrogen-bond donors (Lipinski definition) is 7. The third-order valence-corrected chi connectivity index (χ3v) is 5.20. The van der Waals surface area contributed by atoms with Gasteiger partial charge in [0.15, 0.2) is 6.04 Å². The van der Waals surface area contributed by atoms with Crippen molar-refractivity contribution in [1.29, 1.82) is 0 Å². The smallest absolute Gasteiger partial charge is 0.328 e. The first-order valence-corrected chi connectivity index (χ1v) is 10.6. The molecule has 5 atom stereocenters. The standard InChI is InChI=1S/C19H34N6O7/c1-10(26)15(19(31)32)24-17(29)13-6-4-8-25(13)18(30)12(5-2-3-7-20)23-16(28)11(21)9-14(22)27/h10-13,15,26H,2-9,20-21H2,1H3,(H2,22,27)(H,23,28)(H,24,29)(H,31,32). The van der Waals surface area contributed by atoms with Gasteiger partial charge in [0.25, 0.3) is 0 Å². The van der Waals surface area contributed by atoms with Gasteiger partial charge < -0.3 is 42.9 Å². The van der Waals surface area contributed by atoms with Crippen LogP contribution in [0.2, 0.25) is 0 Å². The second-order valence-corrected chi connectivity index (χ2v) is 7.88. The number of aliphatic carboxylic acids is 1. The van der Waals surface area contributed by atoms with Crippen molar-refractivity contribution in [3.05, 3.63) is 0 Å². The van der Waals surface area contributed by atoms with Crippen LogP contribution in [0.15, 0.2) is 0 Å². The largest absolute Gasteiger partial charge is 0.480 e. The number of likely N-dealkylation sites (tertiary alicyclic amines) is 1. The molecule has 1 fully saturated rings. The Balaban J connectivity index is 2.95. The summed E-state index contributed by atoms with van der Waals surface area (Å²) in [5.74, 6) is -4.12. The van der Waals surface area contributed by atoms with Gasteiger partial charge in [0, 0.05) is 6.54 Å². The average molecular weight is 459 g/mol. The van der Waals surface area contributed by atoms with Gasteiger partial charge in [0.05, 0.1) is 18.6 Å². The average Bonchev–Trinajstić information content (AvgIpc) is 3.19. The maximum atomic E-state index is 13.2. The van der Waals surface area contributed by atoms with Crippen molar-refractivity contribution in [2.75, 3.05) is 13.1 Å². The maximum absolute atomic E-state index is 13.2. The Hall–Kier alpha value is -2.77. The second-order valence-electron chi connectivity index (χ2n) is 7.88. The van der Waals surface area contributed by atoms with Crippen LogP contribution in [0.4, 0.5) is 0 Å². The molecule has 0 aromatic carbocycles. The highest BCUT2D eigenvalue weighted by molar-refractivity contribution is 5.95. The molecule has 0 saturated carbocycles. The molecule has 0 aliphatic carbocycles. The number of nitrogens with zero attached hydrogens (tertiary/aromatic N) is 1. The van der Waals surface area contributed by atoms with Crippen molar-refractivity contribution < 1.29 is 34.2 Å². The molecule has 13 nitrogen and oxygen atoms in total. The highest BCUT2D eigenvalue weighted by Gasteiger charge is 2.39. The van der Waals surface area contributed by atoms with Crippen molar-refractivity contribution in [2.45, 2.75) is 75.7 Å². The van der Waals surface area contributed by atoms with E-state index in [9.17, 15) is 34.2 Å². The molecule has 1 heterocycles. The first kappa shape index (κ1) is 27.3. The third kappa shape index (κ3) is 8.05. The molecule has 5 unspecified atom stereocenters. The van der Waals surface area contributed by atoms with E-state index in [1.54, 1.807) is 0 Å². The Morgan fingerprint density at radius 2 is 1.81 bits per heavy atom. The van der Waals surface area contributed by atoms with Crippen molar-refractivity contribution >= 4 is 29.6 Å². The molecule has 0 aromatic rings. The third-order valence-electron chi connectivity index (χ3n) is 5.20. The fraction of sp³-hybridized carbons (Fsp3) is 0.737. The van der Waals surface area contributed by atoms with Crippen LogP contribution in [0.1, 0.15) is 45.4 Å². The van der Waals surface area contributed by atoms with E-state index in [0.717, 1.165) is 0 Å². The molecular weight excluding hydrogens is 424 g/mol. The lowest BCUT2D eigenvalue weighted by Gasteiger charge is -2.30. The Morgan fingerprint density at radius 3 is 2.34 bits per heavy atom. The molecule has 13 heteroatoms. The van der Waals surface area contributed by atoms with Gasteiger partial charge in [0.1, 0.15) is 12.1 Å². The summed E-state index contributed by atoms with van der Waals surface area (Å²) in [5.41, 5.74) is 16.2. The molecule has 182 valence electrons. The van der Waals surface area contributed by atoms with Crippen LogP contribution < -0.4 is 27.8 Å². The SMILES string of the molecule is CC(O)C(NC(=O)C1CCCN1C(=O)C(CCCCN)NC(=O)C(N)CC(N)=O)C(=O)O. The maximum Gasteiger partial charge on any atom is 0.328 e. The van der Waals surface area contributed by atoms with Gasteiger partial charge in [-0.15, -0.1) is 0 Å². The van der Waals surface area contributed by atoms with Gasteiger partial charge in [0.2, 0.25) is 23.6 Å². The van der Waals surface area contributed by atoms with E-state index in [2.05, 4.69) is 10.6 Å².